The van der Waals surface area contributed by atoms with Crippen molar-refractivity contribution in [2.24, 2.45) is 0 Å². The lowest BCUT2D eigenvalue weighted by Crippen LogP contribution is -2.07. The van der Waals surface area contributed by atoms with Crippen LogP contribution in [0.3, 0.4) is 0 Å². The summed E-state index contributed by atoms with van der Waals surface area (Å²) in [6, 6.07) is 11.0. The average Bonchev–Trinajstić information content (AvgIpc) is 2.43. The molecule has 1 aliphatic carbocycles. The standard InChI is InChI=1S/C12H11S/c1-2-7-11-10(4-1)8-12(13-11)9-5-3-6-9/h1-2,4,7-8H,3,5-6H2. The lowest BCUT2D eigenvalue weighted by molar-refractivity contribution is 0.583. The Kier molecular flexibility index (Phi) is 1.66. The van der Waals surface area contributed by atoms with Gasteiger partial charge in [-0.3, -0.25) is 0 Å². The third kappa shape index (κ3) is 1.19. The molecule has 0 saturated heterocycles. The van der Waals surface area contributed by atoms with E-state index in [0.29, 0.717) is 0 Å². The molecule has 0 atom stereocenters. The molecule has 0 aliphatic heterocycles. The molecule has 0 spiro atoms. The molecule has 0 N–H and O–H groups in total. The van der Waals surface area contributed by atoms with Gasteiger partial charge in [0, 0.05) is 15.5 Å². The monoisotopic (exact) mass is 187 g/mol. The lowest BCUT2D eigenvalue weighted by Gasteiger charge is -2.22. The molecule has 13 heavy (non-hydrogen) atoms. The summed E-state index contributed by atoms with van der Waals surface area (Å²) in [6.07, 6.45) is 4.04. The van der Waals surface area contributed by atoms with E-state index in [9.17, 15) is 0 Å². The van der Waals surface area contributed by atoms with Crippen molar-refractivity contribution < 1.29 is 0 Å². The molecule has 0 unspecified atom stereocenters. The van der Waals surface area contributed by atoms with Gasteiger partial charge in [-0.25, -0.2) is 0 Å². The second-order valence-corrected chi connectivity index (χ2v) is 4.69. The summed E-state index contributed by atoms with van der Waals surface area (Å²) in [5.41, 5.74) is 0. The van der Waals surface area contributed by atoms with E-state index in [1.165, 1.54) is 34.2 Å². The molecule has 65 valence electrons. The summed E-state index contributed by atoms with van der Waals surface area (Å²) in [7, 11) is 0. The van der Waals surface area contributed by atoms with Crippen LogP contribution in [0.15, 0.2) is 30.3 Å². The van der Waals surface area contributed by atoms with Crippen LogP contribution in [-0.4, -0.2) is 0 Å². The topological polar surface area (TPSA) is 0 Å². The molecule has 1 aliphatic rings. The maximum absolute atomic E-state index is 2.34. The highest BCUT2D eigenvalue weighted by Crippen LogP contribution is 2.40. The second-order valence-electron chi connectivity index (χ2n) is 3.61. The zero-order valence-electron chi connectivity index (χ0n) is 7.42. The van der Waals surface area contributed by atoms with Crippen molar-refractivity contribution in [3.63, 3.8) is 0 Å². The number of fused-ring (bicyclic) bond motifs is 1. The Morgan fingerprint density at radius 3 is 2.62 bits per heavy atom. The maximum Gasteiger partial charge on any atom is 0.0345 e. The van der Waals surface area contributed by atoms with Gasteiger partial charge in [-0.2, -0.15) is 0 Å². The summed E-state index contributed by atoms with van der Waals surface area (Å²) in [4.78, 5) is 1.52. The zero-order valence-corrected chi connectivity index (χ0v) is 8.23. The third-order valence-corrected chi connectivity index (χ3v) is 3.95. The maximum atomic E-state index is 2.34. The van der Waals surface area contributed by atoms with Crippen LogP contribution < -0.4 is 0 Å². The average molecular weight is 187 g/mol. The van der Waals surface area contributed by atoms with Gasteiger partial charge in [-0.1, -0.05) is 24.6 Å². The Bertz CT molecular complexity index is 390. The van der Waals surface area contributed by atoms with E-state index >= 15 is 0 Å². The SMILES string of the molecule is c1ccc2sc([C]3CCC3)cc2c1. The molecule has 0 bridgehead atoms. The van der Waals surface area contributed by atoms with Gasteiger partial charge in [-0.05, 0) is 30.4 Å². The van der Waals surface area contributed by atoms with Crippen molar-refractivity contribution >= 4 is 21.4 Å². The molecular formula is C12H11S. The summed E-state index contributed by atoms with van der Waals surface area (Å²) in [6.45, 7) is 0. The highest BCUT2D eigenvalue weighted by atomic mass is 32.1. The smallest absolute Gasteiger partial charge is 0.0345 e. The van der Waals surface area contributed by atoms with Crippen LogP contribution in [0.4, 0.5) is 0 Å². The van der Waals surface area contributed by atoms with Gasteiger partial charge in [-0.15, -0.1) is 11.3 Å². The number of hydrogen-bond donors (Lipinski definition) is 0. The number of thiophene rings is 1. The minimum Gasteiger partial charge on any atom is -0.140 e. The fourth-order valence-corrected chi connectivity index (χ4v) is 2.92. The first-order valence-corrected chi connectivity index (χ1v) is 5.59. The summed E-state index contributed by atoms with van der Waals surface area (Å²) < 4.78 is 1.43. The number of rotatable bonds is 1. The Hall–Kier alpha value is -0.820. The molecule has 2 aromatic rings. The van der Waals surface area contributed by atoms with Crippen molar-refractivity contribution in [1.29, 1.82) is 0 Å². The van der Waals surface area contributed by atoms with Crippen molar-refractivity contribution in [3.8, 4) is 0 Å². The van der Waals surface area contributed by atoms with Crippen molar-refractivity contribution in [2.45, 2.75) is 19.3 Å². The summed E-state index contributed by atoms with van der Waals surface area (Å²) in [5.74, 6) is 1.67. The van der Waals surface area contributed by atoms with Crippen LogP contribution >= 0.6 is 11.3 Å². The first kappa shape index (κ1) is 7.57. The van der Waals surface area contributed by atoms with E-state index in [2.05, 4.69) is 30.3 Å². The third-order valence-electron chi connectivity index (χ3n) is 2.73. The normalized spacial score (nSPS) is 17.5. The van der Waals surface area contributed by atoms with Gasteiger partial charge < -0.3 is 0 Å². The quantitative estimate of drug-likeness (QED) is 0.633. The van der Waals surface area contributed by atoms with Crippen molar-refractivity contribution in [3.05, 3.63) is 41.1 Å². The van der Waals surface area contributed by atoms with Crippen LogP contribution in [-0.2, 0) is 0 Å². The Morgan fingerprint density at radius 2 is 1.92 bits per heavy atom. The molecule has 0 nitrogen and oxygen atoms in total. The number of benzene rings is 1. The van der Waals surface area contributed by atoms with Crippen molar-refractivity contribution in [1.82, 2.24) is 0 Å². The minimum atomic E-state index is 1.33. The van der Waals surface area contributed by atoms with E-state index in [4.69, 9.17) is 0 Å². The van der Waals surface area contributed by atoms with Crippen LogP contribution in [0.1, 0.15) is 24.1 Å². The highest BCUT2D eigenvalue weighted by Gasteiger charge is 2.21. The van der Waals surface area contributed by atoms with E-state index in [-0.39, 0.29) is 0 Å². The Labute approximate surface area is 82.2 Å². The minimum absolute atomic E-state index is 1.33. The summed E-state index contributed by atoms with van der Waals surface area (Å²) >= 11 is 1.94. The largest absolute Gasteiger partial charge is 0.140 e. The highest BCUT2D eigenvalue weighted by molar-refractivity contribution is 7.19. The van der Waals surface area contributed by atoms with Gasteiger partial charge in [0.1, 0.15) is 0 Å². The van der Waals surface area contributed by atoms with Crippen LogP contribution in [0.5, 0.6) is 0 Å². The molecule has 1 heteroatoms. The van der Waals surface area contributed by atoms with E-state index < -0.39 is 0 Å². The molecule has 1 saturated carbocycles. The van der Waals surface area contributed by atoms with Gasteiger partial charge in [0.15, 0.2) is 0 Å². The molecule has 0 amide bonds. The van der Waals surface area contributed by atoms with Crippen LogP contribution in [0, 0.1) is 5.92 Å². The van der Waals surface area contributed by atoms with Gasteiger partial charge in [0.25, 0.3) is 0 Å². The van der Waals surface area contributed by atoms with Gasteiger partial charge >= 0.3 is 0 Å². The molecule has 1 heterocycles. The fourth-order valence-electron chi connectivity index (χ4n) is 1.76. The Morgan fingerprint density at radius 1 is 1.08 bits per heavy atom. The molecular weight excluding hydrogens is 176 g/mol. The van der Waals surface area contributed by atoms with Crippen LogP contribution in [0.2, 0.25) is 0 Å². The van der Waals surface area contributed by atoms with Crippen LogP contribution in [0.25, 0.3) is 10.1 Å². The van der Waals surface area contributed by atoms with Crippen molar-refractivity contribution in [2.75, 3.05) is 0 Å². The van der Waals surface area contributed by atoms with Gasteiger partial charge in [0.05, 0.1) is 0 Å². The fraction of sp³-hybridized carbons (Fsp3) is 0.250. The van der Waals surface area contributed by atoms with Gasteiger partial charge in [0.2, 0.25) is 0 Å². The summed E-state index contributed by atoms with van der Waals surface area (Å²) in [5, 5.41) is 1.40. The predicted molar refractivity (Wildman–Crippen MR) is 58.0 cm³/mol. The van der Waals surface area contributed by atoms with E-state index in [1.807, 2.05) is 11.3 Å². The number of hydrogen-bond acceptors (Lipinski definition) is 1. The molecule has 1 aromatic carbocycles. The molecule has 1 fully saturated rings. The second kappa shape index (κ2) is 2.85. The molecule has 3 rings (SSSR count). The first-order valence-electron chi connectivity index (χ1n) is 4.77. The van der Waals surface area contributed by atoms with E-state index in [0.717, 1.165) is 0 Å². The zero-order chi connectivity index (χ0) is 8.67. The lowest BCUT2D eigenvalue weighted by atomic mass is 9.84. The van der Waals surface area contributed by atoms with E-state index in [1.54, 1.807) is 5.92 Å². The first-order chi connectivity index (χ1) is 6.43. The molecule has 1 radical (unpaired) electrons. The molecule has 1 aromatic heterocycles. The Balaban J connectivity index is 2.10. The predicted octanol–water partition coefficient (Wildman–Crippen LogP) is 4.01.